The lowest BCUT2D eigenvalue weighted by molar-refractivity contribution is 0.102. The van der Waals surface area contributed by atoms with E-state index in [1.807, 2.05) is 25.1 Å². The second-order valence-corrected chi connectivity index (χ2v) is 7.77. The number of aryl methyl sites for hydroxylation is 1. The van der Waals surface area contributed by atoms with E-state index in [1.54, 1.807) is 12.1 Å². The molecule has 2 N–H and O–H groups in total. The molecule has 0 heterocycles. The van der Waals surface area contributed by atoms with E-state index in [1.165, 1.54) is 19.2 Å². The predicted octanol–water partition coefficient (Wildman–Crippen LogP) is 3.28. The summed E-state index contributed by atoms with van der Waals surface area (Å²) in [6.45, 7) is 6.05. The average Bonchev–Trinajstić information content (AvgIpc) is 2.56. The van der Waals surface area contributed by atoms with Crippen molar-refractivity contribution in [2.75, 3.05) is 12.4 Å². The van der Waals surface area contributed by atoms with Gasteiger partial charge < -0.3 is 5.32 Å². The SMILES string of the molecule is CNS(=O)(=O)c1cccc(C(=O)Nc2c(C)cccc2C(C)C)c1. The number of nitrogens with one attached hydrogen (secondary N) is 2. The van der Waals surface area contributed by atoms with E-state index in [9.17, 15) is 13.2 Å². The van der Waals surface area contributed by atoms with Gasteiger partial charge in [0, 0.05) is 11.3 Å². The van der Waals surface area contributed by atoms with Crippen molar-refractivity contribution in [3.63, 3.8) is 0 Å². The number of carbonyl (C=O) groups is 1. The Morgan fingerprint density at radius 2 is 1.75 bits per heavy atom. The third-order valence-electron chi connectivity index (χ3n) is 3.84. The van der Waals surface area contributed by atoms with Crippen molar-refractivity contribution in [1.29, 1.82) is 0 Å². The van der Waals surface area contributed by atoms with Crippen LogP contribution in [0.25, 0.3) is 0 Å². The van der Waals surface area contributed by atoms with Crippen molar-refractivity contribution in [1.82, 2.24) is 4.72 Å². The van der Waals surface area contributed by atoms with Gasteiger partial charge in [0.2, 0.25) is 10.0 Å². The minimum absolute atomic E-state index is 0.0616. The first-order valence-electron chi connectivity index (χ1n) is 7.70. The maximum absolute atomic E-state index is 12.6. The first-order chi connectivity index (χ1) is 11.3. The fourth-order valence-corrected chi connectivity index (χ4v) is 3.23. The number of para-hydroxylation sites is 1. The highest BCUT2D eigenvalue weighted by Gasteiger charge is 2.16. The fraction of sp³-hybridized carbons (Fsp3) is 0.278. The highest BCUT2D eigenvalue weighted by Crippen LogP contribution is 2.28. The number of carbonyl (C=O) groups excluding carboxylic acids is 1. The summed E-state index contributed by atoms with van der Waals surface area (Å²) >= 11 is 0. The largest absolute Gasteiger partial charge is 0.321 e. The van der Waals surface area contributed by atoms with Gasteiger partial charge in [0.25, 0.3) is 5.91 Å². The van der Waals surface area contributed by atoms with Crippen molar-refractivity contribution in [3.05, 3.63) is 59.2 Å². The Bertz CT molecular complexity index is 858. The van der Waals surface area contributed by atoms with Gasteiger partial charge in [-0.05, 0) is 49.2 Å². The lowest BCUT2D eigenvalue weighted by Gasteiger charge is -2.16. The molecule has 0 aliphatic rings. The lowest BCUT2D eigenvalue weighted by atomic mass is 9.98. The van der Waals surface area contributed by atoms with Crippen LogP contribution in [0, 0.1) is 6.92 Å². The van der Waals surface area contributed by atoms with Crippen molar-refractivity contribution in [2.45, 2.75) is 31.6 Å². The van der Waals surface area contributed by atoms with Gasteiger partial charge in [-0.25, -0.2) is 13.1 Å². The molecule has 0 radical (unpaired) electrons. The molecule has 0 aromatic heterocycles. The highest BCUT2D eigenvalue weighted by molar-refractivity contribution is 7.89. The van der Waals surface area contributed by atoms with E-state index < -0.39 is 10.0 Å². The molecule has 0 aliphatic heterocycles. The monoisotopic (exact) mass is 346 g/mol. The van der Waals surface area contributed by atoms with E-state index in [4.69, 9.17) is 0 Å². The molecule has 24 heavy (non-hydrogen) atoms. The maximum Gasteiger partial charge on any atom is 0.255 e. The van der Waals surface area contributed by atoms with E-state index in [0.717, 1.165) is 16.8 Å². The topological polar surface area (TPSA) is 75.3 Å². The zero-order valence-electron chi connectivity index (χ0n) is 14.3. The molecule has 0 atom stereocenters. The summed E-state index contributed by atoms with van der Waals surface area (Å²) < 4.78 is 26.0. The van der Waals surface area contributed by atoms with Gasteiger partial charge in [-0.2, -0.15) is 0 Å². The van der Waals surface area contributed by atoms with Crippen LogP contribution in [0.15, 0.2) is 47.4 Å². The lowest BCUT2D eigenvalue weighted by Crippen LogP contribution is -2.20. The standard InChI is InChI=1S/C18H22N2O3S/c1-12(2)16-10-5-7-13(3)17(16)20-18(21)14-8-6-9-15(11-14)24(22,23)19-4/h5-12,19H,1-4H3,(H,20,21). The molecule has 128 valence electrons. The molecular weight excluding hydrogens is 324 g/mol. The number of hydrogen-bond donors (Lipinski definition) is 2. The third-order valence-corrected chi connectivity index (χ3v) is 5.25. The van der Waals surface area contributed by atoms with Crippen LogP contribution in [0.1, 0.15) is 41.3 Å². The second kappa shape index (κ2) is 7.15. The van der Waals surface area contributed by atoms with E-state index >= 15 is 0 Å². The van der Waals surface area contributed by atoms with E-state index in [0.29, 0.717) is 5.56 Å². The molecule has 0 spiro atoms. The molecule has 2 aromatic rings. The van der Waals surface area contributed by atoms with Crippen molar-refractivity contribution in [2.24, 2.45) is 0 Å². The minimum atomic E-state index is -3.59. The number of amides is 1. The fourth-order valence-electron chi connectivity index (χ4n) is 2.45. The summed E-state index contributed by atoms with van der Waals surface area (Å²) in [6.07, 6.45) is 0. The van der Waals surface area contributed by atoms with Crippen LogP contribution < -0.4 is 10.0 Å². The Labute approximate surface area is 143 Å². The van der Waals surface area contributed by atoms with Crippen molar-refractivity contribution in [3.8, 4) is 0 Å². The Morgan fingerprint density at radius 3 is 2.38 bits per heavy atom. The smallest absolute Gasteiger partial charge is 0.255 e. The second-order valence-electron chi connectivity index (χ2n) is 5.88. The summed E-state index contributed by atoms with van der Waals surface area (Å²) in [5.74, 6) is -0.0736. The molecule has 5 nitrogen and oxygen atoms in total. The zero-order valence-corrected chi connectivity index (χ0v) is 15.1. The molecule has 6 heteroatoms. The van der Waals surface area contributed by atoms with Crippen LogP contribution in [0.2, 0.25) is 0 Å². The first kappa shape index (κ1) is 18.2. The summed E-state index contributed by atoms with van der Waals surface area (Å²) in [5.41, 5.74) is 3.08. The quantitative estimate of drug-likeness (QED) is 0.872. The van der Waals surface area contributed by atoms with Gasteiger partial charge in [-0.15, -0.1) is 0 Å². The Balaban J connectivity index is 2.37. The Morgan fingerprint density at radius 1 is 1.08 bits per heavy atom. The number of rotatable bonds is 5. The van der Waals surface area contributed by atoms with Crippen LogP contribution >= 0.6 is 0 Å². The van der Waals surface area contributed by atoms with E-state index in [-0.39, 0.29) is 16.7 Å². The van der Waals surface area contributed by atoms with Crippen molar-refractivity contribution >= 4 is 21.6 Å². The third kappa shape index (κ3) is 3.83. The molecular formula is C18H22N2O3S. The summed E-state index contributed by atoms with van der Waals surface area (Å²) in [4.78, 5) is 12.6. The van der Waals surface area contributed by atoms with E-state index in [2.05, 4.69) is 23.9 Å². The van der Waals surface area contributed by atoms with Gasteiger partial charge in [0.05, 0.1) is 4.90 Å². The van der Waals surface area contributed by atoms with Crippen LogP contribution in [0.5, 0.6) is 0 Å². The van der Waals surface area contributed by atoms with Gasteiger partial charge in [0.1, 0.15) is 0 Å². The molecule has 2 rings (SSSR count). The molecule has 0 saturated heterocycles. The molecule has 0 bridgehead atoms. The summed E-state index contributed by atoms with van der Waals surface area (Å²) in [7, 11) is -2.25. The number of hydrogen-bond acceptors (Lipinski definition) is 3. The van der Waals surface area contributed by atoms with Crippen molar-refractivity contribution < 1.29 is 13.2 Å². The number of benzene rings is 2. The summed E-state index contributed by atoms with van der Waals surface area (Å²) in [5, 5.41) is 2.92. The van der Waals surface area contributed by atoms with Crippen LogP contribution in [-0.2, 0) is 10.0 Å². The molecule has 2 aromatic carbocycles. The summed E-state index contributed by atoms with van der Waals surface area (Å²) in [6, 6.07) is 11.8. The van der Waals surface area contributed by atoms with Crippen LogP contribution in [0.3, 0.4) is 0 Å². The van der Waals surface area contributed by atoms with Gasteiger partial charge >= 0.3 is 0 Å². The Kier molecular flexibility index (Phi) is 5.41. The minimum Gasteiger partial charge on any atom is -0.321 e. The molecule has 0 aliphatic carbocycles. The van der Waals surface area contributed by atoms with Gasteiger partial charge in [-0.3, -0.25) is 4.79 Å². The number of sulfonamides is 1. The molecule has 0 saturated carbocycles. The van der Waals surface area contributed by atoms with Gasteiger partial charge in [-0.1, -0.05) is 38.1 Å². The normalized spacial score (nSPS) is 11.5. The van der Waals surface area contributed by atoms with Crippen LogP contribution in [0.4, 0.5) is 5.69 Å². The van der Waals surface area contributed by atoms with Gasteiger partial charge in [0.15, 0.2) is 0 Å². The Hall–Kier alpha value is -2.18. The zero-order chi connectivity index (χ0) is 17.9. The number of anilines is 1. The molecule has 0 fully saturated rings. The maximum atomic E-state index is 12.6. The molecule has 0 unspecified atom stereocenters. The highest BCUT2D eigenvalue weighted by atomic mass is 32.2. The molecule has 1 amide bonds. The van der Waals surface area contributed by atoms with Crippen LogP contribution in [-0.4, -0.2) is 21.4 Å². The first-order valence-corrected chi connectivity index (χ1v) is 9.19. The predicted molar refractivity (Wildman–Crippen MR) is 95.9 cm³/mol. The average molecular weight is 346 g/mol.